The van der Waals surface area contributed by atoms with Crippen molar-refractivity contribution in [3.63, 3.8) is 0 Å². The second-order valence-corrected chi connectivity index (χ2v) is 5.50. The number of benzene rings is 2. The Kier molecular flexibility index (Phi) is 5.92. The van der Waals surface area contributed by atoms with E-state index in [2.05, 4.69) is 25.2 Å². The van der Waals surface area contributed by atoms with Crippen LogP contribution in [0.4, 0.5) is 0 Å². The first-order valence-electron chi connectivity index (χ1n) is 7.11. The number of rotatable bonds is 6. The van der Waals surface area contributed by atoms with Crippen LogP contribution in [-0.4, -0.2) is 6.54 Å². The SMILES string of the molecule is CCNC(CC)c1ccccc1Oc1cccc(Cl)c1Cl. The summed E-state index contributed by atoms with van der Waals surface area (Å²) in [5.74, 6) is 1.37. The van der Waals surface area contributed by atoms with Gasteiger partial charge in [0.15, 0.2) is 0 Å². The zero-order chi connectivity index (χ0) is 15.2. The maximum absolute atomic E-state index is 6.20. The van der Waals surface area contributed by atoms with E-state index in [-0.39, 0.29) is 6.04 Å². The quantitative estimate of drug-likeness (QED) is 0.720. The largest absolute Gasteiger partial charge is 0.455 e. The molecule has 0 aliphatic rings. The zero-order valence-corrected chi connectivity index (χ0v) is 13.7. The van der Waals surface area contributed by atoms with Crippen LogP contribution < -0.4 is 10.1 Å². The van der Waals surface area contributed by atoms with E-state index in [9.17, 15) is 0 Å². The van der Waals surface area contributed by atoms with Gasteiger partial charge in [-0.15, -0.1) is 0 Å². The highest BCUT2D eigenvalue weighted by atomic mass is 35.5. The Bertz CT molecular complexity index is 601. The van der Waals surface area contributed by atoms with Crippen LogP contribution in [0.1, 0.15) is 31.9 Å². The molecule has 2 aromatic rings. The summed E-state index contributed by atoms with van der Waals surface area (Å²) in [6.45, 7) is 5.15. The molecule has 0 saturated carbocycles. The zero-order valence-electron chi connectivity index (χ0n) is 12.2. The molecule has 112 valence electrons. The van der Waals surface area contributed by atoms with Crippen LogP contribution >= 0.6 is 23.2 Å². The number of para-hydroxylation sites is 1. The molecule has 4 heteroatoms. The van der Waals surface area contributed by atoms with Gasteiger partial charge in [-0.2, -0.15) is 0 Å². The Balaban J connectivity index is 2.34. The van der Waals surface area contributed by atoms with Crippen LogP contribution in [0.3, 0.4) is 0 Å². The summed E-state index contributed by atoms with van der Waals surface area (Å²) >= 11 is 12.2. The third-order valence-electron chi connectivity index (χ3n) is 3.29. The maximum Gasteiger partial charge on any atom is 0.147 e. The van der Waals surface area contributed by atoms with Crippen molar-refractivity contribution in [3.05, 3.63) is 58.1 Å². The number of ether oxygens (including phenoxy) is 1. The highest BCUT2D eigenvalue weighted by Gasteiger charge is 2.15. The second kappa shape index (κ2) is 7.69. The van der Waals surface area contributed by atoms with Crippen molar-refractivity contribution < 1.29 is 4.74 Å². The molecule has 1 atom stereocenters. The predicted molar refractivity (Wildman–Crippen MR) is 89.7 cm³/mol. The molecular formula is C17H19Cl2NO. The van der Waals surface area contributed by atoms with E-state index in [4.69, 9.17) is 27.9 Å². The number of hydrogen-bond acceptors (Lipinski definition) is 2. The third-order valence-corrected chi connectivity index (χ3v) is 4.09. The molecule has 0 saturated heterocycles. The van der Waals surface area contributed by atoms with E-state index in [1.54, 1.807) is 6.07 Å². The number of hydrogen-bond donors (Lipinski definition) is 1. The summed E-state index contributed by atoms with van der Waals surface area (Å²) in [7, 11) is 0. The summed E-state index contributed by atoms with van der Waals surface area (Å²) < 4.78 is 5.99. The molecule has 1 unspecified atom stereocenters. The van der Waals surface area contributed by atoms with Gasteiger partial charge in [-0.3, -0.25) is 0 Å². The normalized spacial score (nSPS) is 12.2. The summed E-state index contributed by atoms with van der Waals surface area (Å²) in [5.41, 5.74) is 1.12. The fraction of sp³-hybridized carbons (Fsp3) is 0.294. The summed E-state index contributed by atoms with van der Waals surface area (Å²) in [6, 6.07) is 13.6. The average molecular weight is 324 g/mol. The smallest absolute Gasteiger partial charge is 0.147 e. The maximum atomic E-state index is 6.20. The van der Waals surface area contributed by atoms with Gasteiger partial charge in [-0.25, -0.2) is 0 Å². The van der Waals surface area contributed by atoms with Crippen LogP contribution in [-0.2, 0) is 0 Å². The molecule has 0 fully saturated rings. The molecule has 2 aromatic carbocycles. The second-order valence-electron chi connectivity index (χ2n) is 4.71. The molecule has 2 rings (SSSR count). The molecule has 0 aliphatic heterocycles. The van der Waals surface area contributed by atoms with Gasteiger partial charge in [-0.05, 0) is 31.2 Å². The molecular weight excluding hydrogens is 305 g/mol. The van der Waals surface area contributed by atoms with E-state index >= 15 is 0 Å². The fourth-order valence-electron chi connectivity index (χ4n) is 2.26. The van der Waals surface area contributed by atoms with Crippen molar-refractivity contribution in [3.8, 4) is 11.5 Å². The fourth-order valence-corrected chi connectivity index (χ4v) is 2.59. The molecule has 0 amide bonds. The minimum atomic E-state index is 0.254. The van der Waals surface area contributed by atoms with Crippen molar-refractivity contribution in [2.45, 2.75) is 26.3 Å². The Hall–Kier alpha value is -1.22. The molecule has 21 heavy (non-hydrogen) atoms. The molecule has 0 heterocycles. The summed E-state index contributed by atoms with van der Waals surface area (Å²) in [6.07, 6.45) is 0.984. The van der Waals surface area contributed by atoms with Crippen molar-refractivity contribution in [1.29, 1.82) is 0 Å². The molecule has 0 bridgehead atoms. The monoisotopic (exact) mass is 323 g/mol. The van der Waals surface area contributed by atoms with E-state index in [1.165, 1.54) is 0 Å². The number of halogens is 2. The lowest BCUT2D eigenvalue weighted by molar-refractivity contribution is 0.453. The van der Waals surface area contributed by atoms with Crippen LogP contribution in [0.25, 0.3) is 0 Å². The highest BCUT2D eigenvalue weighted by molar-refractivity contribution is 6.42. The molecule has 2 nitrogen and oxygen atoms in total. The first kappa shape index (κ1) is 16.2. The molecule has 0 aromatic heterocycles. The Labute approximate surface area is 136 Å². The summed E-state index contributed by atoms with van der Waals surface area (Å²) in [5, 5.41) is 4.39. The van der Waals surface area contributed by atoms with Crippen LogP contribution in [0.2, 0.25) is 10.0 Å². The van der Waals surface area contributed by atoms with Crippen LogP contribution in [0.5, 0.6) is 11.5 Å². The molecule has 1 N–H and O–H groups in total. The predicted octanol–water partition coefficient (Wildman–Crippen LogP) is 5.85. The standard InChI is InChI=1S/C17H19Cl2NO/c1-3-14(20-4-2)12-8-5-6-10-15(12)21-16-11-7-9-13(18)17(16)19/h5-11,14,20H,3-4H2,1-2H3. The molecule has 0 spiro atoms. The van der Waals surface area contributed by atoms with E-state index in [0.29, 0.717) is 15.8 Å². The van der Waals surface area contributed by atoms with Gasteiger partial charge in [0.25, 0.3) is 0 Å². The van der Waals surface area contributed by atoms with Gasteiger partial charge in [0, 0.05) is 11.6 Å². The lowest BCUT2D eigenvalue weighted by atomic mass is 10.0. The Morgan fingerprint density at radius 1 is 1.00 bits per heavy atom. The van der Waals surface area contributed by atoms with Gasteiger partial charge in [0.2, 0.25) is 0 Å². The summed E-state index contributed by atoms with van der Waals surface area (Å²) in [4.78, 5) is 0. The van der Waals surface area contributed by atoms with Crippen LogP contribution in [0.15, 0.2) is 42.5 Å². The van der Waals surface area contributed by atoms with Gasteiger partial charge >= 0.3 is 0 Å². The third kappa shape index (κ3) is 3.91. The number of nitrogens with one attached hydrogen (secondary N) is 1. The van der Waals surface area contributed by atoms with Crippen molar-refractivity contribution in [1.82, 2.24) is 5.32 Å². The molecule has 0 aliphatic carbocycles. The van der Waals surface area contributed by atoms with Crippen molar-refractivity contribution >= 4 is 23.2 Å². The first-order valence-corrected chi connectivity index (χ1v) is 7.87. The van der Waals surface area contributed by atoms with E-state index in [1.807, 2.05) is 30.3 Å². The topological polar surface area (TPSA) is 21.3 Å². The van der Waals surface area contributed by atoms with Gasteiger partial charge in [-0.1, -0.05) is 61.3 Å². The Morgan fingerprint density at radius 2 is 1.71 bits per heavy atom. The van der Waals surface area contributed by atoms with Crippen molar-refractivity contribution in [2.24, 2.45) is 0 Å². The van der Waals surface area contributed by atoms with Gasteiger partial charge < -0.3 is 10.1 Å². The lowest BCUT2D eigenvalue weighted by Crippen LogP contribution is -2.20. The lowest BCUT2D eigenvalue weighted by Gasteiger charge is -2.20. The van der Waals surface area contributed by atoms with Gasteiger partial charge in [0.1, 0.15) is 16.5 Å². The minimum absolute atomic E-state index is 0.254. The average Bonchev–Trinajstić information content (AvgIpc) is 2.50. The van der Waals surface area contributed by atoms with Crippen LogP contribution in [0, 0.1) is 0 Å². The van der Waals surface area contributed by atoms with E-state index < -0.39 is 0 Å². The van der Waals surface area contributed by atoms with Crippen molar-refractivity contribution in [2.75, 3.05) is 6.54 Å². The van der Waals surface area contributed by atoms with E-state index in [0.717, 1.165) is 24.3 Å². The highest BCUT2D eigenvalue weighted by Crippen LogP contribution is 2.37. The minimum Gasteiger partial charge on any atom is -0.455 e. The van der Waals surface area contributed by atoms with Gasteiger partial charge in [0.05, 0.1) is 5.02 Å². The Morgan fingerprint density at radius 3 is 2.43 bits per heavy atom. The first-order chi connectivity index (χ1) is 10.2. The molecule has 0 radical (unpaired) electrons.